The lowest BCUT2D eigenvalue weighted by Gasteiger charge is -2.04. The lowest BCUT2D eigenvalue weighted by atomic mass is 10.1. The van der Waals surface area contributed by atoms with E-state index in [1.807, 2.05) is 18.2 Å². The van der Waals surface area contributed by atoms with Gasteiger partial charge in [-0.05, 0) is 36.2 Å². The number of nitrogens with two attached hydrogens (primary N) is 1. The van der Waals surface area contributed by atoms with E-state index in [0.717, 1.165) is 25.1 Å². The lowest BCUT2D eigenvalue weighted by molar-refractivity contribution is 0.597. The molecule has 23 heavy (non-hydrogen) atoms. The Kier molecular flexibility index (Phi) is 7.98. The molecule has 0 aliphatic rings. The topological polar surface area (TPSA) is 72.2 Å². The Balaban J connectivity index is 0.00000264. The van der Waals surface area contributed by atoms with E-state index in [1.54, 1.807) is 24.3 Å². The van der Waals surface area contributed by atoms with Crippen LogP contribution in [-0.2, 0) is 16.4 Å². The van der Waals surface area contributed by atoms with Crippen molar-refractivity contribution < 1.29 is 8.42 Å². The van der Waals surface area contributed by atoms with Crippen molar-refractivity contribution in [1.29, 1.82) is 0 Å². The molecule has 4 nitrogen and oxygen atoms in total. The normalized spacial score (nSPS) is 11.3. The quantitative estimate of drug-likeness (QED) is 0.752. The van der Waals surface area contributed by atoms with Crippen LogP contribution < -0.4 is 10.5 Å². The molecule has 0 amide bonds. The fourth-order valence-corrected chi connectivity index (χ4v) is 2.54. The molecule has 0 aliphatic heterocycles. The molecular formula is C17H21ClN2O2S. The second kappa shape index (κ2) is 9.47. The highest BCUT2D eigenvalue weighted by atomic mass is 35.5. The van der Waals surface area contributed by atoms with Gasteiger partial charge < -0.3 is 5.32 Å². The molecule has 0 unspecified atom stereocenters. The first-order valence-corrected chi connectivity index (χ1v) is 8.64. The van der Waals surface area contributed by atoms with Crippen molar-refractivity contribution in [2.24, 2.45) is 5.14 Å². The predicted octanol–water partition coefficient (Wildman–Crippen LogP) is 2.60. The number of benzene rings is 2. The number of halogens is 1. The highest BCUT2D eigenvalue weighted by Crippen LogP contribution is 2.08. The van der Waals surface area contributed by atoms with Crippen LogP contribution in [0.4, 0.5) is 0 Å². The van der Waals surface area contributed by atoms with Crippen LogP contribution in [0.3, 0.4) is 0 Å². The fourth-order valence-electron chi connectivity index (χ4n) is 2.02. The Labute approximate surface area is 143 Å². The average molecular weight is 353 g/mol. The van der Waals surface area contributed by atoms with Gasteiger partial charge in [0.1, 0.15) is 0 Å². The maximum atomic E-state index is 11.2. The van der Waals surface area contributed by atoms with E-state index in [9.17, 15) is 8.42 Å². The van der Waals surface area contributed by atoms with Crippen molar-refractivity contribution >= 4 is 28.5 Å². The SMILES string of the molecule is Cl.NS(=O)(=O)c1ccc(CCNCC=Cc2ccccc2)cc1. The summed E-state index contributed by atoms with van der Waals surface area (Å²) >= 11 is 0. The zero-order valence-corrected chi connectivity index (χ0v) is 14.3. The van der Waals surface area contributed by atoms with Crippen LogP contribution in [0, 0.1) is 0 Å². The Morgan fingerprint density at radius 2 is 1.65 bits per heavy atom. The van der Waals surface area contributed by atoms with Gasteiger partial charge in [0.25, 0.3) is 0 Å². The van der Waals surface area contributed by atoms with E-state index >= 15 is 0 Å². The Hall–Kier alpha value is -1.66. The van der Waals surface area contributed by atoms with E-state index in [0.29, 0.717) is 0 Å². The van der Waals surface area contributed by atoms with Crippen molar-refractivity contribution in [2.75, 3.05) is 13.1 Å². The molecule has 0 spiro atoms. The van der Waals surface area contributed by atoms with Crippen LogP contribution in [0.15, 0.2) is 65.6 Å². The van der Waals surface area contributed by atoms with Gasteiger partial charge in [-0.15, -0.1) is 12.4 Å². The molecule has 2 aromatic rings. The van der Waals surface area contributed by atoms with Gasteiger partial charge in [0, 0.05) is 6.54 Å². The minimum absolute atomic E-state index is 0. The molecule has 3 N–H and O–H groups in total. The molecule has 0 atom stereocenters. The first-order chi connectivity index (χ1) is 10.6. The number of hydrogen-bond donors (Lipinski definition) is 2. The van der Waals surface area contributed by atoms with Gasteiger partial charge in [-0.1, -0.05) is 54.6 Å². The third-order valence-electron chi connectivity index (χ3n) is 3.21. The van der Waals surface area contributed by atoms with Crippen LogP contribution in [0.5, 0.6) is 0 Å². The van der Waals surface area contributed by atoms with E-state index in [4.69, 9.17) is 5.14 Å². The van der Waals surface area contributed by atoms with Crippen molar-refractivity contribution in [3.63, 3.8) is 0 Å². The molecule has 124 valence electrons. The minimum atomic E-state index is -3.60. The number of rotatable bonds is 7. The number of primary sulfonamides is 1. The van der Waals surface area contributed by atoms with E-state index in [1.165, 1.54) is 5.56 Å². The molecule has 0 radical (unpaired) electrons. The summed E-state index contributed by atoms with van der Waals surface area (Å²) in [5.74, 6) is 0. The molecule has 0 bridgehead atoms. The first-order valence-electron chi connectivity index (χ1n) is 7.10. The van der Waals surface area contributed by atoms with E-state index < -0.39 is 10.0 Å². The second-order valence-electron chi connectivity index (χ2n) is 4.96. The number of hydrogen-bond acceptors (Lipinski definition) is 3. The van der Waals surface area contributed by atoms with Gasteiger partial charge in [-0.2, -0.15) is 0 Å². The zero-order chi connectivity index (χ0) is 15.8. The molecule has 6 heteroatoms. The summed E-state index contributed by atoms with van der Waals surface area (Å²) in [4.78, 5) is 0.148. The number of nitrogens with one attached hydrogen (secondary N) is 1. The molecule has 0 saturated carbocycles. The number of sulfonamides is 1. The summed E-state index contributed by atoms with van der Waals surface area (Å²) < 4.78 is 22.3. The summed E-state index contributed by atoms with van der Waals surface area (Å²) in [7, 11) is -3.60. The maximum Gasteiger partial charge on any atom is 0.238 e. The average Bonchev–Trinajstić information content (AvgIpc) is 2.51. The maximum absolute atomic E-state index is 11.2. The Bertz CT molecular complexity index is 714. The standard InChI is InChI=1S/C17H20N2O2S.ClH/c18-22(20,21)17-10-8-16(9-11-17)12-14-19-13-4-7-15-5-2-1-3-6-15;/h1-11,19H,12-14H2,(H2,18,20,21);1H. The third kappa shape index (κ3) is 6.97. The van der Waals surface area contributed by atoms with Gasteiger partial charge in [-0.25, -0.2) is 13.6 Å². The van der Waals surface area contributed by atoms with Crippen LogP contribution in [0.2, 0.25) is 0 Å². The van der Waals surface area contributed by atoms with Crippen LogP contribution in [-0.4, -0.2) is 21.5 Å². The highest BCUT2D eigenvalue weighted by molar-refractivity contribution is 7.89. The van der Waals surface area contributed by atoms with Crippen LogP contribution in [0.25, 0.3) is 6.08 Å². The van der Waals surface area contributed by atoms with Crippen LogP contribution in [0.1, 0.15) is 11.1 Å². The van der Waals surface area contributed by atoms with Gasteiger partial charge in [0.05, 0.1) is 4.90 Å². The summed E-state index contributed by atoms with van der Waals surface area (Å²) in [6.45, 7) is 1.62. The van der Waals surface area contributed by atoms with E-state index in [2.05, 4.69) is 29.6 Å². The molecule has 0 fully saturated rings. The smallest absolute Gasteiger partial charge is 0.238 e. The summed E-state index contributed by atoms with van der Waals surface area (Å²) in [5, 5.41) is 8.38. The van der Waals surface area contributed by atoms with Gasteiger partial charge in [0.2, 0.25) is 10.0 Å². The monoisotopic (exact) mass is 352 g/mol. The lowest BCUT2D eigenvalue weighted by Crippen LogP contribution is -2.17. The van der Waals surface area contributed by atoms with Gasteiger partial charge in [-0.3, -0.25) is 0 Å². The summed E-state index contributed by atoms with van der Waals surface area (Å²) in [6.07, 6.45) is 5.00. The van der Waals surface area contributed by atoms with Crippen molar-refractivity contribution in [3.05, 3.63) is 71.8 Å². The summed E-state index contributed by atoms with van der Waals surface area (Å²) in [5.41, 5.74) is 2.26. The molecule has 0 saturated heterocycles. The Morgan fingerprint density at radius 3 is 2.26 bits per heavy atom. The fraction of sp³-hybridized carbons (Fsp3) is 0.176. The van der Waals surface area contributed by atoms with Crippen LogP contribution >= 0.6 is 12.4 Å². The predicted molar refractivity (Wildman–Crippen MR) is 97.1 cm³/mol. The first kappa shape index (κ1) is 19.4. The largest absolute Gasteiger partial charge is 0.313 e. The van der Waals surface area contributed by atoms with Gasteiger partial charge in [0.15, 0.2) is 0 Å². The summed E-state index contributed by atoms with van der Waals surface area (Å²) in [6, 6.07) is 16.8. The molecule has 0 heterocycles. The molecule has 2 rings (SSSR count). The molecule has 0 aromatic heterocycles. The molecular weight excluding hydrogens is 332 g/mol. The molecule has 2 aromatic carbocycles. The third-order valence-corrected chi connectivity index (χ3v) is 4.14. The van der Waals surface area contributed by atoms with Crippen molar-refractivity contribution in [3.8, 4) is 0 Å². The second-order valence-corrected chi connectivity index (χ2v) is 6.52. The Morgan fingerprint density at radius 1 is 1.00 bits per heavy atom. The molecule has 0 aliphatic carbocycles. The zero-order valence-electron chi connectivity index (χ0n) is 12.7. The minimum Gasteiger partial charge on any atom is -0.313 e. The van der Waals surface area contributed by atoms with Gasteiger partial charge >= 0.3 is 0 Å². The van der Waals surface area contributed by atoms with Crippen molar-refractivity contribution in [1.82, 2.24) is 5.32 Å². The highest BCUT2D eigenvalue weighted by Gasteiger charge is 2.06. The van der Waals surface area contributed by atoms with E-state index in [-0.39, 0.29) is 17.3 Å². The van der Waals surface area contributed by atoms with Crippen molar-refractivity contribution in [2.45, 2.75) is 11.3 Å².